The number of methoxy groups -OCH3 is 1. The number of likely N-dealkylation sites (tertiary alicyclic amines) is 1. The van der Waals surface area contributed by atoms with Crippen LogP contribution in [-0.4, -0.2) is 47.2 Å². The zero-order valence-corrected chi connectivity index (χ0v) is 11.4. The molecule has 1 saturated heterocycles. The van der Waals surface area contributed by atoms with E-state index in [1.54, 1.807) is 12.0 Å². The normalized spacial score (nSPS) is 25.2. The van der Waals surface area contributed by atoms with Gasteiger partial charge in [-0.1, -0.05) is 6.92 Å². The minimum Gasteiger partial charge on any atom is -0.479 e. The summed E-state index contributed by atoms with van der Waals surface area (Å²) in [6, 6.07) is 0. The van der Waals surface area contributed by atoms with Crippen molar-refractivity contribution >= 4 is 11.9 Å². The fourth-order valence-electron chi connectivity index (χ4n) is 2.56. The first kappa shape index (κ1) is 15.0. The topological polar surface area (TPSA) is 66.8 Å². The van der Waals surface area contributed by atoms with Gasteiger partial charge in [-0.2, -0.15) is 0 Å². The molecule has 1 aliphatic rings. The smallest absolute Gasteiger partial charge is 0.329 e. The molecular formula is C13H23NO4. The second kappa shape index (κ2) is 6.18. The molecule has 0 saturated carbocycles. The molecule has 1 rings (SSSR count). The quantitative estimate of drug-likeness (QED) is 0.785. The number of hydrogen-bond acceptors (Lipinski definition) is 3. The summed E-state index contributed by atoms with van der Waals surface area (Å²) in [5, 5.41) is 9.39. The number of aliphatic carboxylic acids is 1. The molecule has 0 radical (unpaired) electrons. The third-order valence-corrected chi connectivity index (χ3v) is 3.94. The Bertz CT molecular complexity index is 318. The van der Waals surface area contributed by atoms with Crippen LogP contribution in [0.25, 0.3) is 0 Å². The summed E-state index contributed by atoms with van der Waals surface area (Å²) in [6.45, 7) is 4.29. The van der Waals surface area contributed by atoms with E-state index in [4.69, 9.17) is 4.74 Å². The summed E-state index contributed by atoms with van der Waals surface area (Å²) >= 11 is 0. The van der Waals surface area contributed by atoms with Crippen molar-refractivity contribution in [3.63, 3.8) is 0 Å². The Balaban J connectivity index is 2.69. The van der Waals surface area contributed by atoms with E-state index in [1.165, 1.54) is 0 Å². The van der Waals surface area contributed by atoms with E-state index in [1.807, 2.05) is 13.8 Å². The Morgan fingerprint density at radius 3 is 2.67 bits per heavy atom. The number of carbonyl (C=O) groups excluding carboxylic acids is 1. The molecule has 2 atom stereocenters. The Kier molecular flexibility index (Phi) is 5.14. The van der Waals surface area contributed by atoms with Gasteiger partial charge in [0.15, 0.2) is 0 Å². The molecule has 1 fully saturated rings. The molecule has 0 aromatic carbocycles. The fourth-order valence-corrected chi connectivity index (χ4v) is 2.56. The van der Waals surface area contributed by atoms with Gasteiger partial charge in [0.05, 0.1) is 6.10 Å². The van der Waals surface area contributed by atoms with Crippen LogP contribution in [0.5, 0.6) is 0 Å². The van der Waals surface area contributed by atoms with Crippen LogP contribution in [-0.2, 0) is 14.3 Å². The Labute approximate surface area is 108 Å². The molecule has 104 valence electrons. The van der Waals surface area contributed by atoms with Crippen molar-refractivity contribution in [2.75, 3.05) is 13.7 Å². The van der Waals surface area contributed by atoms with Gasteiger partial charge >= 0.3 is 5.97 Å². The molecule has 0 spiro atoms. The average molecular weight is 257 g/mol. The summed E-state index contributed by atoms with van der Waals surface area (Å²) in [4.78, 5) is 25.2. The van der Waals surface area contributed by atoms with Crippen molar-refractivity contribution in [2.24, 2.45) is 0 Å². The number of carboxylic acids is 1. The zero-order chi connectivity index (χ0) is 13.8. The van der Waals surface area contributed by atoms with Gasteiger partial charge in [-0.3, -0.25) is 4.79 Å². The second-order valence-electron chi connectivity index (χ2n) is 4.92. The molecule has 1 amide bonds. The van der Waals surface area contributed by atoms with Crippen LogP contribution in [0.4, 0.5) is 0 Å². The number of hydrogen-bond donors (Lipinski definition) is 1. The van der Waals surface area contributed by atoms with Crippen LogP contribution < -0.4 is 0 Å². The lowest BCUT2D eigenvalue weighted by molar-refractivity contribution is -0.157. The van der Waals surface area contributed by atoms with Crippen molar-refractivity contribution in [3.8, 4) is 0 Å². The standard InChI is InChI=1S/C13H23NO4/c1-4-13(12(16)17)8-5-9-14(13)11(15)7-6-10(2)18-3/h10H,4-9H2,1-3H3,(H,16,17). The zero-order valence-electron chi connectivity index (χ0n) is 11.4. The van der Waals surface area contributed by atoms with Crippen LogP contribution >= 0.6 is 0 Å². The van der Waals surface area contributed by atoms with Crippen LogP contribution in [0.15, 0.2) is 0 Å². The molecule has 2 unspecified atom stereocenters. The second-order valence-corrected chi connectivity index (χ2v) is 4.92. The molecule has 5 nitrogen and oxygen atoms in total. The third-order valence-electron chi connectivity index (χ3n) is 3.94. The van der Waals surface area contributed by atoms with Gasteiger partial charge < -0.3 is 14.7 Å². The van der Waals surface area contributed by atoms with E-state index in [9.17, 15) is 14.7 Å². The number of carbonyl (C=O) groups is 2. The summed E-state index contributed by atoms with van der Waals surface area (Å²) < 4.78 is 5.10. The average Bonchev–Trinajstić information content (AvgIpc) is 2.80. The van der Waals surface area contributed by atoms with E-state index in [-0.39, 0.29) is 12.0 Å². The van der Waals surface area contributed by atoms with Crippen molar-refractivity contribution in [1.82, 2.24) is 4.90 Å². The Morgan fingerprint density at radius 1 is 1.50 bits per heavy atom. The van der Waals surface area contributed by atoms with Crippen LogP contribution in [0.3, 0.4) is 0 Å². The Morgan fingerprint density at radius 2 is 2.17 bits per heavy atom. The maximum absolute atomic E-state index is 12.2. The summed E-state index contributed by atoms with van der Waals surface area (Å²) in [6.07, 6.45) is 2.80. The SMILES string of the molecule is CCC1(C(=O)O)CCCN1C(=O)CCC(C)OC. The molecule has 1 N–H and O–H groups in total. The minimum absolute atomic E-state index is 0.0254. The van der Waals surface area contributed by atoms with E-state index >= 15 is 0 Å². The first-order valence-corrected chi connectivity index (χ1v) is 6.54. The molecule has 18 heavy (non-hydrogen) atoms. The van der Waals surface area contributed by atoms with Gasteiger partial charge in [0.1, 0.15) is 5.54 Å². The lowest BCUT2D eigenvalue weighted by Crippen LogP contribution is -2.52. The van der Waals surface area contributed by atoms with E-state index < -0.39 is 11.5 Å². The highest BCUT2D eigenvalue weighted by Gasteiger charge is 2.48. The molecule has 1 heterocycles. The lowest BCUT2D eigenvalue weighted by Gasteiger charge is -2.34. The molecule has 5 heteroatoms. The molecule has 0 aliphatic carbocycles. The molecule has 0 bridgehead atoms. The number of ether oxygens (including phenoxy) is 1. The molecule has 0 aromatic rings. The molecule has 1 aliphatic heterocycles. The highest BCUT2D eigenvalue weighted by atomic mass is 16.5. The fraction of sp³-hybridized carbons (Fsp3) is 0.846. The van der Waals surface area contributed by atoms with Gasteiger partial charge in [0.2, 0.25) is 5.91 Å². The Hall–Kier alpha value is -1.10. The lowest BCUT2D eigenvalue weighted by atomic mass is 9.92. The molecular weight excluding hydrogens is 234 g/mol. The largest absolute Gasteiger partial charge is 0.479 e. The predicted molar refractivity (Wildman–Crippen MR) is 67.3 cm³/mol. The first-order valence-electron chi connectivity index (χ1n) is 6.54. The van der Waals surface area contributed by atoms with Crippen LogP contribution in [0.2, 0.25) is 0 Å². The predicted octanol–water partition coefficient (Wildman–Crippen LogP) is 1.66. The van der Waals surface area contributed by atoms with E-state index in [0.29, 0.717) is 32.2 Å². The van der Waals surface area contributed by atoms with Gasteiger partial charge in [-0.15, -0.1) is 0 Å². The third kappa shape index (κ3) is 2.83. The molecule has 0 aromatic heterocycles. The first-order chi connectivity index (χ1) is 8.47. The highest BCUT2D eigenvalue weighted by molar-refractivity contribution is 5.87. The van der Waals surface area contributed by atoms with E-state index in [2.05, 4.69) is 0 Å². The highest BCUT2D eigenvalue weighted by Crippen LogP contribution is 2.33. The summed E-state index contributed by atoms with van der Waals surface area (Å²) in [5.74, 6) is -0.948. The number of rotatable bonds is 6. The van der Waals surface area contributed by atoms with Gasteiger partial charge in [-0.05, 0) is 32.6 Å². The van der Waals surface area contributed by atoms with Crippen LogP contribution in [0.1, 0.15) is 46.0 Å². The maximum atomic E-state index is 12.2. The monoisotopic (exact) mass is 257 g/mol. The van der Waals surface area contributed by atoms with Gasteiger partial charge in [0, 0.05) is 20.1 Å². The minimum atomic E-state index is -0.979. The van der Waals surface area contributed by atoms with Crippen molar-refractivity contribution in [3.05, 3.63) is 0 Å². The summed E-state index contributed by atoms with van der Waals surface area (Å²) in [5.41, 5.74) is -0.979. The summed E-state index contributed by atoms with van der Waals surface area (Å²) in [7, 11) is 1.61. The van der Waals surface area contributed by atoms with Gasteiger partial charge in [-0.25, -0.2) is 4.79 Å². The van der Waals surface area contributed by atoms with Crippen LogP contribution in [0, 0.1) is 0 Å². The van der Waals surface area contributed by atoms with Gasteiger partial charge in [0.25, 0.3) is 0 Å². The number of carboxylic acid groups (broad SMARTS) is 1. The number of nitrogens with zero attached hydrogens (tertiary/aromatic N) is 1. The maximum Gasteiger partial charge on any atom is 0.329 e. The van der Waals surface area contributed by atoms with Crippen molar-refractivity contribution in [2.45, 2.75) is 57.6 Å². The van der Waals surface area contributed by atoms with E-state index in [0.717, 1.165) is 6.42 Å². The van der Waals surface area contributed by atoms with Crippen molar-refractivity contribution in [1.29, 1.82) is 0 Å². The van der Waals surface area contributed by atoms with Crippen molar-refractivity contribution < 1.29 is 19.4 Å². The number of amides is 1.